The molecular formula is C18H26N2O3. The Morgan fingerprint density at radius 1 is 1.30 bits per heavy atom. The van der Waals surface area contributed by atoms with Gasteiger partial charge in [0.1, 0.15) is 6.10 Å². The lowest BCUT2D eigenvalue weighted by Crippen LogP contribution is -2.47. The zero-order valence-electron chi connectivity index (χ0n) is 13.6. The lowest BCUT2D eigenvalue weighted by atomic mass is 9.98. The van der Waals surface area contributed by atoms with Crippen molar-refractivity contribution in [3.63, 3.8) is 0 Å². The number of benzene rings is 1. The average Bonchev–Trinajstić information content (AvgIpc) is 2.91. The largest absolute Gasteiger partial charge is 0.388 e. The summed E-state index contributed by atoms with van der Waals surface area (Å²) in [5, 5.41) is 13.3. The van der Waals surface area contributed by atoms with Gasteiger partial charge >= 0.3 is 0 Å². The minimum Gasteiger partial charge on any atom is -0.388 e. The number of rotatable bonds is 4. The highest BCUT2D eigenvalue weighted by molar-refractivity contribution is 5.94. The summed E-state index contributed by atoms with van der Waals surface area (Å²) in [7, 11) is 0. The van der Waals surface area contributed by atoms with Crippen LogP contribution in [-0.2, 0) is 4.74 Å². The Hall–Kier alpha value is -1.43. The van der Waals surface area contributed by atoms with E-state index in [4.69, 9.17) is 4.74 Å². The molecule has 1 aromatic carbocycles. The van der Waals surface area contributed by atoms with Crippen molar-refractivity contribution in [2.24, 2.45) is 5.92 Å². The van der Waals surface area contributed by atoms with Crippen molar-refractivity contribution in [3.8, 4) is 0 Å². The molecule has 0 unspecified atom stereocenters. The predicted molar refractivity (Wildman–Crippen MR) is 88.3 cm³/mol. The fourth-order valence-electron chi connectivity index (χ4n) is 3.31. The first-order valence-corrected chi connectivity index (χ1v) is 8.51. The molecule has 0 saturated carbocycles. The van der Waals surface area contributed by atoms with Gasteiger partial charge in [-0.25, -0.2) is 0 Å². The van der Waals surface area contributed by atoms with E-state index < -0.39 is 6.10 Å². The van der Waals surface area contributed by atoms with Crippen molar-refractivity contribution in [2.45, 2.75) is 38.0 Å². The van der Waals surface area contributed by atoms with Gasteiger partial charge in [0.2, 0.25) is 0 Å². The van der Waals surface area contributed by atoms with Gasteiger partial charge in [0.05, 0.1) is 18.8 Å². The summed E-state index contributed by atoms with van der Waals surface area (Å²) in [4.78, 5) is 14.5. The Bertz CT molecular complexity index is 514. The van der Waals surface area contributed by atoms with Crippen molar-refractivity contribution >= 4 is 5.91 Å². The quantitative estimate of drug-likeness (QED) is 0.878. The highest BCUT2D eigenvalue weighted by Gasteiger charge is 2.38. The second kappa shape index (κ2) is 7.43. The molecular weight excluding hydrogens is 292 g/mol. The van der Waals surface area contributed by atoms with Crippen LogP contribution in [0.15, 0.2) is 30.3 Å². The van der Waals surface area contributed by atoms with Gasteiger partial charge in [-0.3, -0.25) is 4.79 Å². The second-order valence-corrected chi connectivity index (χ2v) is 6.79. The fraction of sp³-hybridized carbons (Fsp3) is 0.611. The molecule has 23 heavy (non-hydrogen) atoms. The maximum absolute atomic E-state index is 12.2. The molecule has 3 rings (SSSR count). The van der Waals surface area contributed by atoms with E-state index in [-0.39, 0.29) is 18.1 Å². The second-order valence-electron chi connectivity index (χ2n) is 6.79. The Labute approximate surface area is 137 Å². The minimum absolute atomic E-state index is 0.161. The van der Waals surface area contributed by atoms with Crippen LogP contribution in [0.2, 0.25) is 0 Å². The number of nitrogens with zero attached hydrogens (tertiary/aromatic N) is 1. The molecule has 2 N–H and O–H groups in total. The number of carbonyl (C=O) groups is 1. The molecule has 2 fully saturated rings. The van der Waals surface area contributed by atoms with E-state index in [1.807, 2.05) is 18.2 Å². The Balaban J connectivity index is 1.50. The van der Waals surface area contributed by atoms with Crippen LogP contribution >= 0.6 is 0 Å². The number of ether oxygens (including phenoxy) is 1. The average molecular weight is 318 g/mol. The lowest BCUT2D eigenvalue weighted by molar-refractivity contribution is 0.00864. The predicted octanol–water partition coefficient (Wildman–Crippen LogP) is 1.28. The van der Waals surface area contributed by atoms with E-state index in [9.17, 15) is 9.90 Å². The summed E-state index contributed by atoms with van der Waals surface area (Å²) in [5.41, 5.74) is 0.605. The number of carbonyl (C=O) groups excluding carboxylic acids is 1. The molecule has 1 amide bonds. The SMILES string of the molecule is CC1CCN(C[C@@H]2OC[C@H](NC(=O)c3ccccc3)[C@H]2O)CC1. The van der Waals surface area contributed by atoms with Gasteiger partial charge in [0.15, 0.2) is 0 Å². The van der Waals surface area contributed by atoms with Crippen LogP contribution in [0, 0.1) is 5.92 Å². The van der Waals surface area contributed by atoms with Gasteiger partial charge < -0.3 is 20.1 Å². The van der Waals surface area contributed by atoms with Crippen LogP contribution in [0.25, 0.3) is 0 Å². The molecule has 1 aromatic rings. The molecule has 2 heterocycles. The zero-order chi connectivity index (χ0) is 16.2. The van der Waals surface area contributed by atoms with Gasteiger partial charge in [-0.05, 0) is 44.0 Å². The molecule has 0 aromatic heterocycles. The van der Waals surface area contributed by atoms with E-state index in [0.717, 1.165) is 25.6 Å². The normalized spacial score (nSPS) is 29.6. The van der Waals surface area contributed by atoms with Crippen molar-refractivity contribution in [1.29, 1.82) is 0 Å². The van der Waals surface area contributed by atoms with E-state index in [1.54, 1.807) is 12.1 Å². The number of nitrogens with one attached hydrogen (secondary N) is 1. The first-order valence-electron chi connectivity index (χ1n) is 8.51. The monoisotopic (exact) mass is 318 g/mol. The van der Waals surface area contributed by atoms with Gasteiger partial charge in [-0.2, -0.15) is 0 Å². The summed E-state index contributed by atoms with van der Waals surface area (Å²) >= 11 is 0. The highest BCUT2D eigenvalue weighted by atomic mass is 16.5. The van der Waals surface area contributed by atoms with Crippen LogP contribution in [-0.4, -0.2) is 60.4 Å². The van der Waals surface area contributed by atoms with Crippen molar-refractivity contribution in [2.75, 3.05) is 26.2 Å². The zero-order valence-corrected chi connectivity index (χ0v) is 13.6. The Kier molecular flexibility index (Phi) is 5.30. The standard InChI is InChI=1S/C18H26N2O3/c1-13-7-9-20(10-8-13)11-16-17(21)15(12-23-16)19-18(22)14-5-3-2-4-6-14/h2-6,13,15-17,21H,7-12H2,1H3,(H,19,22)/t15-,16-,17+/m0/s1. The molecule has 126 valence electrons. The van der Waals surface area contributed by atoms with Crippen LogP contribution in [0.1, 0.15) is 30.1 Å². The number of aliphatic hydroxyl groups is 1. The van der Waals surface area contributed by atoms with Gasteiger partial charge in [-0.1, -0.05) is 25.1 Å². The number of amides is 1. The van der Waals surface area contributed by atoms with E-state index in [1.165, 1.54) is 12.8 Å². The minimum atomic E-state index is -0.651. The van der Waals surface area contributed by atoms with Gasteiger partial charge in [0, 0.05) is 12.1 Å². The number of hydrogen-bond donors (Lipinski definition) is 2. The van der Waals surface area contributed by atoms with E-state index in [2.05, 4.69) is 17.1 Å². The molecule has 0 aliphatic carbocycles. The van der Waals surface area contributed by atoms with Crippen LogP contribution in [0.5, 0.6) is 0 Å². The third kappa shape index (κ3) is 4.10. The summed E-state index contributed by atoms with van der Waals surface area (Å²) in [6, 6.07) is 8.73. The van der Waals surface area contributed by atoms with Crippen molar-refractivity contribution < 1.29 is 14.6 Å². The highest BCUT2D eigenvalue weighted by Crippen LogP contribution is 2.20. The third-order valence-corrected chi connectivity index (χ3v) is 4.95. The number of piperidine rings is 1. The molecule has 0 spiro atoms. The maximum atomic E-state index is 12.2. The summed E-state index contributed by atoms with van der Waals surface area (Å²) in [6.45, 7) is 5.53. The van der Waals surface area contributed by atoms with Gasteiger partial charge in [0.25, 0.3) is 5.91 Å². The summed E-state index contributed by atoms with van der Waals surface area (Å²) in [5.74, 6) is 0.629. The molecule has 2 aliphatic heterocycles. The molecule has 3 atom stereocenters. The number of likely N-dealkylation sites (tertiary alicyclic amines) is 1. The maximum Gasteiger partial charge on any atom is 0.251 e. The molecule has 2 aliphatic rings. The Morgan fingerprint density at radius 2 is 2.00 bits per heavy atom. The van der Waals surface area contributed by atoms with E-state index in [0.29, 0.717) is 12.2 Å². The topological polar surface area (TPSA) is 61.8 Å². The van der Waals surface area contributed by atoms with Crippen molar-refractivity contribution in [3.05, 3.63) is 35.9 Å². The lowest BCUT2D eigenvalue weighted by Gasteiger charge is -2.32. The third-order valence-electron chi connectivity index (χ3n) is 4.95. The fourth-order valence-corrected chi connectivity index (χ4v) is 3.31. The molecule has 0 bridgehead atoms. The van der Waals surface area contributed by atoms with Crippen LogP contribution in [0.4, 0.5) is 0 Å². The first-order chi connectivity index (χ1) is 11.1. The number of aliphatic hydroxyl groups excluding tert-OH is 1. The molecule has 2 saturated heterocycles. The molecule has 5 heteroatoms. The first kappa shape index (κ1) is 16.4. The van der Waals surface area contributed by atoms with E-state index >= 15 is 0 Å². The number of hydrogen-bond acceptors (Lipinski definition) is 4. The van der Waals surface area contributed by atoms with Gasteiger partial charge in [-0.15, -0.1) is 0 Å². The Morgan fingerprint density at radius 3 is 2.70 bits per heavy atom. The van der Waals surface area contributed by atoms with Crippen LogP contribution in [0.3, 0.4) is 0 Å². The summed E-state index contributed by atoms with van der Waals surface area (Å²) < 4.78 is 5.74. The smallest absolute Gasteiger partial charge is 0.251 e. The summed E-state index contributed by atoms with van der Waals surface area (Å²) in [6.07, 6.45) is 1.54. The molecule has 5 nitrogen and oxygen atoms in total. The van der Waals surface area contributed by atoms with Crippen molar-refractivity contribution in [1.82, 2.24) is 10.2 Å². The molecule has 0 radical (unpaired) electrons. The van der Waals surface area contributed by atoms with Crippen LogP contribution < -0.4 is 5.32 Å².